The first-order chi connectivity index (χ1) is 23.9. The SMILES string of the molecule is CC1(C)CC(CCN(c2nc(Cl)nc(N(CCC3CC(C)(C)NC(C)(C)C3)C3CC(C)(C)NC(C)(C)C3)n2)C2CC(C)(C)NC(C)(C)C2)CC(C)(C)N1. The highest BCUT2D eigenvalue weighted by Gasteiger charge is 2.45. The van der Waals surface area contributed by atoms with Crippen molar-refractivity contribution < 1.29 is 0 Å². The van der Waals surface area contributed by atoms with E-state index < -0.39 is 0 Å². The van der Waals surface area contributed by atoms with Crippen LogP contribution in [0.4, 0.5) is 11.9 Å². The summed E-state index contributed by atoms with van der Waals surface area (Å²) in [5, 5.41) is 15.9. The van der Waals surface area contributed by atoms with Gasteiger partial charge in [-0.2, -0.15) is 15.0 Å². The second-order valence-electron chi connectivity index (χ2n) is 23.4. The summed E-state index contributed by atoms with van der Waals surface area (Å²) >= 11 is 7.03. The van der Waals surface area contributed by atoms with E-state index in [4.69, 9.17) is 26.6 Å². The van der Waals surface area contributed by atoms with Crippen LogP contribution in [0.1, 0.15) is 175 Å². The average molecular weight is 759 g/mol. The van der Waals surface area contributed by atoms with Crippen molar-refractivity contribution in [1.82, 2.24) is 36.2 Å². The zero-order chi connectivity index (χ0) is 39.6. The summed E-state index contributed by atoms with van der Waals surface area (Å²) in [5.74, 6) is 2.70. The van der Waals surface area contributed by atoms with Crippen molar-refractivity contribution >= 4 is 23.5 Å². The van der Waals surface area contributed by atoms with Gasteiger partial charge in [-0.3, -0.25) is 0 Å². The molecule has 0 spiro atoms. The fourth-order valence-electron chi connectivity index (χ4n) is 12.6. The number of aromatic nitrogens is 3. The molecule has 4 N–H and O–H groups in total. The molecule has 0 aliphatic carbocycles. The van der Waals surface area contributed by atoms with E-state index >= 15 is 0 Å². The second kappa shape index (κ2) is 14.6. The normalized spacial score (nSPS) is 28.0. The molecule has 10 heteroatoms. The smallest absolute Gasteiger partial charge is 0.231 e. The van der Waals surface area contributed by atoms with Crippen molar-refractivity contribution in [2.75, 3.05) is 22.9 Å². The van der Waals surface area contributed by atoms with Crippen LogP contribution in [-0.4, -0.2) is 84.4 Å². The van der Waals surface area contributed by atoms with Crippen LogP contribution in [0.25, 0.3) is 0 Å². The van der Waals surface area contributed by atoms with Gasteiger partial charge in [-0.05, 0) is 198 Å². The van der Waals surface area contributed by atoms with Gasteiger partial charge in [0, 0.05) is 69.5 Å². The van der Waals surface area contributed by atoms with Crippen molar-refractivity contribution in [3.63, 3.8) is 0 Å². The maximum Gasteiger partial charge on any atom is 0.231 e. The molecule has 5 heterocycles. The first kappa shape index (κ1) is 42.9. The minimum Gasteiger partial charge on any atom is -0.338 e. The first-order valence-corrected chi connectivity index (χ1v) is 21.4. The third-order valence-corrected chi connectivity index (χ3v) is 12.6. The van der Waals surface area contributed by atoms with Gasteiger partial charge in [-0.1, -0.05) is 0 Å². The number of piperidine rings is 4. The van der Waals surface area contributed by atoms with Crippen molar-refractivity contribution in [1.29, 1.82) is 0 Å². The van der Waals surface area contributed by atoms with E-state index in [0.717, 1.165) is 89.2 Å². The fourth-order valence-corrected chi connectivity index (χ4v) is 12.7. The van der Waals surface area contributed by atoms with Gasteiger partial charge < -0.3 is 31.1 Å². The van der Waals surface area contributed by atoms with Crippen LogP contribution in [-0.2, 0) is 0 Å². The molecular weight excluding hydrogens is 678 g/mol. The van der Waals surface area contributed by atoms with Gasteiger partial charge in [-0.25, -0.2) is 0 Å². The molecule has 4 fully saturated rings. The Morgan fingerprint density at radius 3 is 0.943 bits per heavy atom. The van der Waals surface area contributed by atoms with Crippen LogP contribution in [0.3, 0.4) is 0 Å². The zero-order valence-electron chi connectivity index (χ0n) is 36.9. The molecule has 304 valence electrons. The van der Waals surface area contributed by atoms with E-state index in [9.17, 15) is 0 Å². The van der Waals surface area contributed by atoms with Crippen LogP contribution < -0.4 is 31.1 Å². The Hall–Kier alpha value is -1.26. The molecule has 53 heavy (non-hydrogen) atoms. The summed E-state index contributed by atoms with van der Waals surface area (Å²) in [5.41, 5.74) is 0.362. The number of nitrogens with zero attached hydrogens (tertiary/aromatic N) is 5. The molecule has 1 aromatic heterocycles. The molecule has 0 bridgehead atoms. The molecule has 9 nitrogen and oxygen atoms in total. The highest BCUT2D eigenvalue weighted by atomic mass is 35.5. The lowest BCUT2D eigenvalue weighted by molar-refractivity contribution is 0.121. The van der Waals surface area contributed by atoms with Crippen molar-refractivity contribution in [3.05, 3.63) is 5.28 Å². The first-order valence-electron chi connectivity index (χ1n) is 21.0. The lowest BCUT2D eigenvalue weighted by atomic mass is 9.74. The van der Waals surface area contributed by atoms with Gasteiger partial charge in [0.15, 0.2) is 0 Å². The van der Waals surface area contributed by atoms with Crippen LogP contribution in [0.2, 0.25) is 5.28 Å². The van der Waals surface area contributed by atoms with Crippen LogP contribution in [0.15, 0.2) is 0 Å². The quantitative estimate of drug-likeness (QED) is 0.187. The third-order valence-electron chi connectivity index (χ3n) is 12.4. The van der Waals surface area contributed by atoms with E-state index in [-0.39, 0.29) is 56.4 Å². The van der Waals surface area contributed by atoms with Gasteiger partial charge in [-0.15, -0.1) is 0 Å². The highest BCUT2D eigenvalue weighted by molar-refractivity contribution is 6.28. The Morgan fingerprint density at radius 1 is 0.434 bits per heavy atom. The number of nitrogens with one attached hydrogen (secondary N) is 4. The lowest BCUT2D eigenvalue weighted by Gasteiger charge is -2.51. The summed E-state index contributed by atoms with van der Waals surface area (Å²) in [7, 11) is 0. The Kier molecular flexibility index (Phi) is 11.8. The highest BCUT2D eigenvalue weighted by Crippen LogP contribution is 2.40. The maximum absolute atomic E-state index is 7.03. The van der Waals surface area contributed by atoms with Gasteiger partial charge in [0.1, 0.15) is 0 Å². The van der Waals surface area contributed by atoms with E-state index in [1.165, 1.54) is 0 Å². The van der Waals surface area contributed by atoms with Gasteiger partial charge in [0.2, 0.25) is 17.2 Å². The molecular formula is C43H80ClN9. The molecule has 0 unspecified atom stereocenters. The number of halogens is 1. The summed E-state index contributed by atoms with van der Waals surface area (Å²) < 4.78 is 0. The number of rotatable bonds is 10. The summed E-state index contributed by atoms with van der Waals surface area (Å²) in [6.45, 7) is 39.4. The molecule has 0 atom stereocenters. The fraction of sp³-hybridized carbons (Fsp3) is 0.930. The molecule has 4 saturated heterocycles. The van der Waals surface area contributed by atoms with E-state index in [1.54, 1.807) is 0 Å². The Bertz CT molecular complexity index is 1260. The van der Waals surface area contributed by atoms with Gasteiger partial charge in [0.25, 0.3) is 0 Å². The minimum absolute atomic E-state index is 0.0161. The molecule has 4 aliphatic rings. The summed E-state index contributed by atoms with van der Waals surface area (Å²) in [6, 6.07) is 0.555. The third kappa shape index (κ3) is 11.9. The van der Waals surface area contributed by atoms with E-state index in [0.29, 0.717) is 17.1 Å². The van der Waals surface area contributed by atoms with E-state index in [2.05, 4.69) is 142 Å². The Labute approximate surface area is 330 Å². The predicted molar refractivity (Wildman–Crippen MR) is 225 cm³/mol. The number of anilines is 2. The van der Waals surface area contributed by atoms with E-state index in [1.807, 2.05) is 0 Å². The van der Waals surface area contributed by atoms with Crippen molar-refractivity contribution in [3.8, 4) is 0 Å². The standard InChI is InChI=1S/C43H80ClN9/c1-36(2)21-29(22-37(3,4)48-36)17-19-52(31-25-40(9,10)50-41(11,12)26-31)34-45-33(44)46-35(47-34)53(32-27-42(13,14)51-43(15,16)28-32)20-18-30-23-38(5,6)49-39(7,8)24-30/h29-32,48-51H,17-28H2,1-16H3. The molecule has 0 radical (unpaired) electrons. The second-order valence-corrected chi connectivity index (χ2v) is 23.8. The van der Waals surface area contributed by atoms with Crippen molar-refractivity contribution in [2.24, 2.45) is 11.8 Å². The maximum atomic E-state index is 7.03. The minimum atomic E-state index is -0.0161. The summed E-state index contributed by atoms with van der Waals surface area (Å²) in [6.07, 6.45) is 10.9. The zero-order valence-corrected chi connectivity index (χ0v) is 37.7. The van der Waals surface area contributed by atoms with Gasteiger partial charge >= 0.3 is 0 Å². The number of hydrogen-bond acceptors (Lipinski definition) is 9. The van der Waals surface area contributed by atoms with Crippen LogP contribution in [0, 0.1) is 11.8 Å². The summed E-state index contributed by atoms with van der Waals surface area (Å²) in [4.78, 5) is 20.5. The molecule has 5 rings (SSSR count). The van der Waals surface area contributed by atoms with Crippen LogP contribution >= 0.6 is 11.6 Å². The number of hydrogen-bond donors (Lipinski definition) is 4. The lowest BCUT2D eigenvalue weighted by Crippen LogP contribution is -2.63. The largest absolute Gasteiger partial charge is 0.338 e. The molecule has 0 amide bonds. The molecule has 1 aromatic rings. The Balaban J connectivity index is 1.52. The molecule has 0 saturated carbocycles. The van der Waals surface area contributed by atoms with Crippen molar-refractivity contribution in [2.45, 2.75) is 231 Å². The average Bonchev–Trinajstić information content (AvgIpc) is 2.86. The van der Waals surface area contributed by atoms with Crippen LogP contribution in [0.5, 0.6) is 0 Å². The molecule has 0 aromatic carbocycles. The predicted octanol–water partition coefficient (Wildman–Crippen LogP) is 8.65. The monoisotopic (exact) mass is 758 g/mol. The molecule has 4 aliphatic heterocycles. The van der Waals surface area contributed by atoms with Gasteiger partial charge in [0.05, 0.1) is 0 Å². The topological polar surface area (TPSA) is 93.3 Å². The Morgan fingerprint density at radius 2 is 0.679 bits per heavy atom.